The van der Waals surface area contributed by atoms with Crippen LogP contribution in [-0.4, -0.2) is 35.0 Å². The summed E-state index contributed by atoms with van der Waals surface area (Å²) in [5.41, 5.74) is 1.24. The fourth-order valence-electron chi connectivity index (χ4n) is 2.65. The van der Waals surface area contributed by atoms with Crippen molar-refractivity contribution in [2.45, 2.75) is 11.8 Å². The minimum atomic E-state index is -3.95. The summed E-state index contributed by atoms with van der Waals surface area (Å²) in [7, 11) is -2.30. The second-order valence-electron chi connectivity index (χ2n) is 5.86. The molecule has 9 nitrogen and oxygen atoms in total. The lowest BCUT2D eigenvalue weighted by Gasteiger charge is -2.10. The van der Waals surface area contributed by atoms with Crippen molar-refractivity contribution in [3.8, 4) is 0 Å². The van der Waals surface area contributed by atoms with Crippen molar-refractivity contribution in [1.29, 1.82) is 0 Å². The van der Waals surface area contributed by atoms with Gasteiger partial charge < -0.3 is 15.0 Å². The number of aromatic nitrogens is 2. The summed E-state index contributed by atoms with van der Waals surface area (Å²) in [6.45, 7) is 1.35. The number of carbonyl (C=O) groups excluding carboxylic acids is 1. The van der Waals surface area contributed by atoms with Crippen LogP contribution in [0.2, 0.25) is 0 Å². The molecule has 1 aromatic heterocycles. The van der Waals surface area contributed by atoms with Crippen molar-refractivity contribution in [3.63, 3.8) is 0 Å². The van der Waals surface area contributed by atoms with Crippen LogP contribution in [0.25, 0.3) is 11.0 Å². The monoisotopic (exact) mass is 388 g/mol. The number of nitrogens with one attached hydrogen (secondary N) is 2. The maximum atomic E-state index is 12.6. The lowest BCUT2D eigenvalue weighted by atomic mass is 10.1. The minimum Gasteiger partial charge on any atom is -0.478 e. The van der Waals surface area contributed by atoms with Gasteiger partial charge in [0.1, 0.15) is 0 Å². The molecule has 3 N–H and O–H groups in total. The molecule has 0 aliphatic heterocycles. The van der Waals surface area contributed by atoms with Crippen LogP contribution in [-0.2, 0) is 21.9 Å². The van der Waals surface area contributed by atoms with Gasteiger partial charge in [-0.3, -0.25) is 9.52 Å². The molecule has 0 unspecified atom stereocenters. The Labute approximate surface area is 154 Å². The summed E-state index contributed by atoms with van der Waals surface area (Å²) in [6.07, 6.45) is 1.45. The normalized spacial score (nSPS) is 11.3. The van der Waals surface area contributed by atoms with Crippen molar-refractivity contribution >= 4 is 44.3 Å². The Bertz CT molecular complexity index is 1150. The number of carboxylic acids is 1. The van der Waals surface area contributed by atoms with Crippen LogP contribution >= 0.6 is 0 Å². The predicted octanol–water partition coefficient (Wildman–Crippen LogP) is 2.03. The second kappa shape index (κ2) is 6.72. The van der Waals surface area contributed by atoms with Crippen molar-refractivity contribution in [2.75, 3.05) is 10.0 Å². The highest BCUT2D eigenvalue weighted by Gasteiger charge is 2.19. The molecule has 0 saturated carbocycles. The van der Waals surface area contributed by atoms with E-state index in [1.165, 1.54) is 49.6 Å². The van der Waals surface area contributed by atoms with Crippen molar-refractivity contribution in [2.24, 2.45) is 7.05 Å². The maximum Gasteiger partial charge on any atom is 0.337 e. The number of fused-ring (bicyclic) bond motifs is 1. The number of hydrogen-bond acceptors (Lipinski definition) is 5. The molecule has 140 valence electrons. The summed E-state index contributed by atoms with van der Waals surface area (Å²) in [5.74, 6) is -1.46. The largest absolute Gasteiger partial charge is 0.478 e. The van der Waals surface area contributed by atoms with Crippen molar-refractivity contribution < 1.29 is 23.1 Å². The number of amides is 1. The summed E-state index contributed by atoms with van der Waals surface area (Å²) >= 11 is 0. The van der Waals surface area contributed by atoms with E-state index < -0.39 is 16.0 Å². The van der Waals surface area contributed by atoms with E-state index in [2.05, 4.69) is 15.0 Å². The van der Waals surface area contributed by atoms with E-state index in [4.69, 9.17) is 0 Å². The lowest BCUT2D eigenvalue weighted by molar-refractivity contribution is -0.114. The summed E-state index contributed by atoms with van der Waals surface area (Å²) < 4.78 is 29.1. The van der Waals surface area contributed by atoms with Crippen LogP contribution < -0.4 is 10.0 Å². The number of imidazole rings is 1. The van der Waals surface area contributed by atoms with Gasteiger partial charge in [-0.25, -0.2) is 18.2 Å². The van der Waals surface area contributed by atoms with Gasteiger partial charge in [0.05, 0.1) is 33.5 Å². The topological polar surface area (TPSA) is 130 Å². The molecule has 27 heavy (non-hydrogen) atoms. The Hall–Kier alpha value is -3.40. The van der Waals surface area contributed by atoms with Gasteiger partial charge in [0.25, 0.3) is 10.0 Å². The zero-order chi connectivity index (χ0) is 19.8. The first-order valence-corrected chi connectivity index (χ1v) is 9.24. The molecular formula is C17H16N4O5S. The molecule has 2 aromatic carbocycles. The first-order valence-electron chi connectivity index (χ1n) is 7.76. The van der Waals surface area contributed by atoms with E-state index in [0.717, 1.165) is 0 Å². The van der Waals surface area contributed by atoms with Crippen LogP contribution in [0.5, 0.6) is 0 Å². The highest BCUT2D eigenvalue weighted by atomic mass is 32.2. The number of aromatic carboxylic acids is 1. The number of carbonyl (C=O) groups is 2. The molecule has 1 heterocycles. The average Bonchev–Trinajstić information content (AvgIpc) is 2.94. The number of hydrogen-bond donors (Lipinski definition) is 3. The Kier molecular flexibility index (Phi) is 4.58. The van der Waals surface area contributed by atoms with Gasteiger partial charge in [-0.05, 0) is 36.4 Å². The third-order valence-corrected chi connectivity index (χ3v) is 5.18. The summed E-state index contributed by atoms with van der Waals surface area (Å²) in [6, 6.07) is 8.30. The number of carboxylic acid groups (broad SMARTS) is 1. The third kappa shape index (κ3) is 3.75. The Morgan fingerprint density at radius 3 is 2.37 bits per heavy atom. The van der Waals surface area contributed by atoms with E-state index >= 15 is 0 Å². The fraction of sp³-hybridized carbons (Fsp3) is 0.118. The van der Waals surface area contributed by atoms with Gasteiger partial charge in [-0.15, -0.1) is 0 Å². The van der Waals surface area contributed by atoms with Crippen molar-refractivity contribution in [1.82, 2.24) is 9.55 Å². The fourth-order valence-corrected chi connectivity index (χ4v) is 3.69. The predicted molar refractivity (Wildman–Crippen MR) is 99.2 cm³/mol. The Morgan fingerprint density at radius 1 is 1.11 bits per heavy atom. The smallest absolute Gasteiger partial charge is 0.337 e. The van der Waals surface area contributed by atoms with E-state index in [-0.39, 0.29) is 22.1 Å². The number of anilines is 2. The first-order chi connectivity index (χ1) is 12.7. The highest BCUT2D eigenvalue weighted by molar-refractivity contribution is 7.92. The maximum absolute atomic E-state index is 12.6. The standard InChI is InChI=1S/C17H16N4O5S/c1-10(22)19-11-3-5-13(6-4-11)27(25,26)20-12-7-14(17(23)24)16-15(8-12)18-9-21(16)2/h3-9,20H,1-2H3,(H,19,22)(H,23,24). The molecule has 0 aliphatic carbocycles. The van der Waals surface area contributed by atoms with Crippen LogP contribution in [0.1, 0.15) is 17.3 Å². The number of benzene rings is 2. The quantitative estimate of drug-likeness (QED) is 0.613. The number of aryl methyl sites for hydroxylation is 1. The van der Waals surface area contributed by atoms with E-state index in [1.54, 1.807) is 11.6 Å². The Balaban J connectivity index is 1.96. The molecule has 0 saturated heterocycles. The van der Waals surface area contributed by atoms with Gasteiger partial charge in [0, 0.05) is 19.7 Å². The van der Waals surface area contributed by atoms with Gasteiger partial charge in [0.2, 0.25) is 5.91 Å². The number of nitrogens with zero attached hydrogens (tertiary/aromatic N) is 2. The molecule has 1 amide bonds. The highest BCUT2D eigenvalue weighted by Crippen LogP contribution is 2.25. The average molecular weight is 388 g/mol. The number of sulfonamides is 1. The van der Waals surface area contributed by atoms with E-state index in [0.29, 0.717) is 16.7 Å². The van der Waals surface area contributed by atoms with Crippen LogP contribution in [0.3, 0.4) is 0 Å². The van der Waals surface area contributed by atoms with E-state index in [1.807, 2.05) is 0 Å². The molecule has 3 rings (SSSR count). The first kappa shape index (κ1) is 18.4. The van der Waals surface area contributed by atoms with Crippen LogP contribution in [0.15, 0.2) is 47.6 Å². The molecule has 0 aliphatic rings. The molecule has 0 radical (unpaired) electrons. The molecular weight excluding hydrogens is 372 g/mol. The lowest BCUT2D eigenvalue weighted by Crippen LogP contribution is -2.14. The van der Waals surface area contributed by atoms with Crippen molar-refractivity contribution in [3.05, 3.63) is 48.3 Å². The molecule has 0 bridgehead atoms. The summed E-state index contributed by atoms with van der Waals surface area (Å²) in [5, 5.41) is 12.0. The van der Waals surface area contributed by atoms with E-state index in [9.17, 15) is 23.1 Å². The minimum absolute atomic E-state index is 0.0328. The molecule has 0 fully saturated rings. The molecule has 0 spiro atoms. The number of rotatable bonds is 5. The molecule has 3 aromatic rings. The van der Waals surface area contributed by atoms with Gasteiger partial charge in [-0.2, -0.15) is 0 Å². The molecule has 0 atom stereocenters. The van der Waals surface area contributed by atoms with Gasteiger partial charge >= 0.3 is 5.97 Å². The van der Waals surface area contributed by atoms with Gasteiger partial charge in [0.15, 0.2) is 0 Å². The second-order valence-corrected chi connectivity index (χ2v) is 7.55. The zero-order valence-corrected chi connectivity index (χ0v) is 15.2. The molecule has 10 heteroatoms. The third-order valence-electron chi connectivity index (χ3n) is 3.78. The SMILES string of the molecule is CC(=O)Nc1ccc(S(=O)(=O)Nc2cc(C(=O)O)c3c(c2)ncn3C)cc1. The van der Waals surface area contributed by atoms with Gasteiger partial charge in [-0.1, -0.05) is 0 Å². The van der Waals surface area contributed by atoms with Crippen LogP contribution in [0.4, 0.5) is 11.4 Å². The Morgan fingerprint density at radius 2 is 1.78 bits per heavy atom. The zero-order valence-electron chi connectivity index (χ0n) is 14.4. The summed E-state index contributed by atoms with van der Waals surface area (Å²) in [4.78, 5) is 26.6. The van der Waals surface area contributed by atoms with Crippen LogP contribution in [0, 0.1) is 0 Å².